The second-order valence-electron chi connectivity index (χ2n) is 8.09. The van der Waals surface area contributed by atoms with Gasteiger partial charge >= 0.3 is 5.97 Å². The molecule has 2 unspecified atom stereocenters. The largest absolute Gasteiger partial charge is 0.481 e. The maximum atomic E-state index is 13.9. The van der Waals surface area contributed by atoms with Gasteiger partial charge in [0.15, 0.2) is 0 Å². The van der Waals surface area contributed by atoms with E-state index in [0.717, 1.165) is 33.4 Å². The average molecular weight is 395 g/mol. The summed E-state index contributed by atoms with van der Waals surface area (Å²) in [5.41, 5.74) is 13.3. The molecule has 0 aromatic heterocycles. The molecule has 2 atom stereocenters. The van der Waals surface area contributed by atoms with Gasteiger partial charge in [0.05, 0.1) is 5.92 Å². The number of halogens is 2. The van der Waals surface area contributed by atoms with Crippen molar-refractivity contribution < 1.29 is 18.7 Å². The Hall–Kier alpha value is -2.79. The zero-order valence-electron chi connectivity index (χ0n) is 16.4. The second kappa shape index (κ2) is 7.23. The van der Waals surface area contributed by atoms with E-state index in [1.165, 1.54) is 24.3 Å². The first kappa shape index (κ1) is 19.5. The molecule has 2 aliphatic carbocycles. The van der Waals surface area contributed by atoms with Gasteiger partial charge in [0, 0.05) is 6.04 Å². The second-order valence-corrected chi connectivity index (χ2v) is 8.09. The van der Waals surface area contributed by atoms with Gasteiger partial charge in [0.2, 0.25) is 0 Å². The van der Waals surface area contributed by atoms with Gasteiger partial charge in [-0.25, -0.2) is 8.78 Å². The van der Waals surface area contributed by atoms with Crippen LogP contribution in [0.3, 0.4) is 0 Å². The number of aliphatic carboxylic acids is 1. The minimum Gasteiger partial charge on any atom is -0.481 e. The van der Waals surface area contributed by atoms with Crippen LogP contribution in [0.1, 0.15) is 42.5 Å². The van der Waals surface area contributed by atoms with Gasteiger partial charge in [-0.2, -0.15) is 0 Å². The van der Waals surface area contributed by atoms with Crippen LogP contribution in [0, 0.1) is 17.6 Å². The van der Waals surface area contributed by atoms with E-state index >= 15 is 0 Å². The maximum Gasteiger partial charge on any atom is 0.312 e. The Labute approximate surface area is 168 Å². The molecule has 4 rings (SSSR count). The molecule has 0 radical (unpaired) electrons. The molecule has 0 spiro atoms. The molecule has 0 fully saturated rings. The molecular weight excluding hydrogens is 372 g/mol. The first-order valence-corrected chi connectivity index (χ1v) is 9.70. The highest BCUT2D eigenvalue weighted by Gasteiger charge is 2.36. The van der Waals surface area contributed by atoms with E-state index in [9.17, 15) is 18.7 Å². The lowest BCUT2D eigenvalue weighted by Gasteiger charge is -2.24. The van der Waals surface area contributed by atoms with E-state index in [4.69, 9.17) is 5.73 Å². The first-order chi connectivity index (χ1) is 13.8. The zero-order chi connectivity index (χ0) is 20.9. The fraction of sp³-hybridized carbons (Fsp3) is 0.292. The van der Waals surface area contributed by atoms with Crippen LogP contribution in [0.4, 0.5) is 8.78 Å². The van der Waals surface area contributed by atoms with Crippen molar-refractivity contribution in [1.29, 1.82) is 0 Å². The number of benzene rings is 2. The predicted octanol–water partition coefficient (Wildman–Crippen LogP) is 4.74. The van der Waals surface area contributed by atoms with E-state index in [1.807, 2.05) is 13.8 Å². The number of fused-ring (bicyclic) bond motifs is 2. The maximum absolute atomic E-state index is 13.9. The van der Waals surface area contributed by atoms with Crippen molar-refractivity contribution in [2.24, 2.45) is 11.7 Å². The summed E-state index contributed by atoms with van der Waals surface area (Å²) in [6, 6.07) is 8.48. The third-order valence-electron chi connectivity index (χ3n) is 6.09. The minimum atomic E-state index is -1.03. The topological polar surface area (TPSA) is 63.3 Å². The normalized spacial score (nSPS) is 17.4. The van der Waals surface area contributed by atoms with E-state index < -0.39 is 23.7 Å². The Bertz CT molecular complexity index is 1080. The molecule has 3 N–H and O–H groups in total. The molecule has 0 bridgehead atoms. The molecular formula is C24H23F2NO2. The van der Waals surface area contributed by atoms with E-state index in [0.29, 0.717) is 30.4 Å². The van der Waals surface area contributed by atoms with Crippen molar-refractivity contribution in [3.63, 3.8) is 0 Å². The Morgan fingerprint density at radius 2 is 1.55 bits per heavy atom. The van der Waals surface area contributed by atoms with Gasteiger partial charge in [-0.3, -0.25) is 4.79 Å². The van der Waals surface area contributed by atoms with E-state index in [2.05, 4.69) is 0 Å². The summed E-state index contributed by atoms with van der Waals surface area (Å²) in [6.07, 6.45) is 1.63. The number of nitrogens with two attached hydrogens (primary N) is 1. The van der Waals surface area contributed by atoms with Crippen molar-refractivity contribution in [3.05, 3.63) is 81.4 Å². The highest BCUT2D eigenvalue weighted by molar-refractivity contribution is 5.92. The fourth-order valence-corrected chi connectivity index (χ4v) is 4.76. The minimum absolute atomic E-state index is 0.320. The molecule has 0 amide bonds. The quantitative estimate of drug-likeness (QED) is 0.768. The van der Waals surface area contributed by atoms with Crippen LogP contribution in [0.15, 0.2) is 47.5 Å². The highest BCUT2D eigenvalue weighted by Crippen LogP contribution is 2.42. The summed E-state index contributed by atoms with van der Waals surface area (Å²) in [7, 11) is 0. The molecule has 0 saturated heterocycles. The molecule has 0 saturated carbocycles. The van der Waals surface area contributed by atoms with E-state index in [-0.39, 0.29) is 5.82 Å². The molecule has 2 aromatic rings. The molecule has 150 valence electrons. The molecule has 5 heteroatoms. The molecule has 29 heavy (non-hydrogen) atoms. The Morgan fingerprint density at radius 1 is 1.00 bits per heavy atom. The monoisotopic (exact) mass is 395 g/mol. The number of allylic oxidation sites excluding steroid dienone is 2. The van der Waals surface area contributed by atoms with Crippen LogP contribution in [-0.4, -0.2) is 17.1 Å². The third kappa shape index (κ3) is 3.40. The van der Waals surface area contributed by atoms with Gasteiger partial charge in [-0.05, 0) is 90.8 Å². The van der Waals surface area contributed by atoms with Crippen LogP contribution in [-0.2, 0) is 17.6 Å². The number of hydrogen-bond acceptors (Lipinski definition) is 2. The molecule has 0 heterocycles. The lowest BCUT2D eigenvalue weighted by Crippen LogP contribution is -2.36. The van der Waals surface area contributed by atoms with Gasteiger partial charge in [-0.15, -0.1) is 0 Å². The lowest BCUT2D eigenvalue weighted by molar-refractivity contribution is -0.140. The number of rotatable bonds is 5. The van der Waals surface area contributed by atoms with Gasteiger partial charge < -0.3 is 10.8 Å². The fourth-order valence-electron chi connectivity index (χ4n) is 4.76. The van der Waals surface area contributed by atoms with Crippen molar-refractivity contribution >= 4 is 17.1 Å². The van der Waals surface area contributed by atoms with Crippen LogP contribution in [0.2, 0.25) is 0 Å². The first-order valence-electron chi connectivity index (χ1n) is 9.70. The average Bonchev–Trinajstić information content (AvgIpc) is 3.12. The van der Waals surface area contributed by atoms with Gasteiger partial charge in [0.1, 0.15) is 11.6 Å². The van der Waals surface area contributed by atoms with Crippen LogP contribution in [0.25, 0.3) is 11.1 Å². The number of carboxylic acids is 1. The van der Waals surface area contributed by atoms with Crippen molar-refractivity contribution in [2.45, 2.75) is 39.2 Å². The summed E-state index contributed by atoms with van der Waals surface area (Å²) in [6.45, 7) is 3.85. The zero-order valence-corrected chi connectivity index (χ0v) is 16.4. The van der Waals surface area contributed by atoms with Crippen molar-refractivity contribution in [2.75, 3.05) is 0 Å². The van der Waals surface area contributed by atoms with Crippen molar-refractivity contribution in [3.8, 4) is 0 Å². The van der Waals surface area contributed by atoms with Crippen LogP contribution in [0.5, 0.6) is 0 Å². The Morgan fingerprint density at radius 3 is 2.17 bits per heavy atom. The summed E-state index contributed by atoms with van der Waals surface area (Å²) in [5, 5.41) is 10.0. The summed E-state index contributed by atoms with van der Waals surface area (Å²) >= 11 is 0. The smallest absolute Gasteiger partial charge is 0.312 e. The van der Waals surface area contributed by atoms with Crippen LogP contribution < -0.4 is 5.73 Å². The highest BCUT2D eigenvalue weighted by atomic mass is 19.1. The number of carboxylic acid groups (broad SMARTS) is 1. The number of carbonyl (C=O) groups is 1. The molecule has 3 nitrogen and oxygen atoms in total. The Kier molecular flexibility index (Phi) is 4.87. The third-order valence-corrected chi connectivity index (χ3v) is 6.09. The summed E-state index contributed by atoms with van der Waals surface area (Å²) < 4.78 is 27.7. The summed E-state index contributed by atoms with van der Waals surface area (Å²) in [4.78, 5) is 12.2. The number of hydrogen-bond donors (Lipinski definition) is 2. The van der Waals surface area contributed by atoms with Gasteiger partial charge in [-0.1, -0.05) is 23.3 Å². The van der Waals surface area contributed by atoms with E-state index in [1.54, 1.807) is 12.1 Å². The SMILES string of the molecule is CC1=C(CC(N)C(C(=O)O)C2=C(C)Cc3ccc(F)cc32)c2cc(F)ccc2C1. The van der Waals surface area contributed by atoms with Crippen LogP contribution >= 0.6 is 0 Å². The molecule has 0 aliphatic heterocycles. The lowest BCUT2D eigenvalue weighted by atomic mass is 9.83. The molecule has 2 aromatic carbocycles. The Balaban J connectivity index is 1.69. The predicted molar refractivity (Wildman–Crippen MR) is 109 cm³/mol. The standard InChI is InChI=1S/C24H23F2NO2/c1-12-7-14-3-5-16(25)9-19(14)18(12)11-21(27)23(24(28)29)22-13(2)8-15-4-6-17(26)10-20(15)22/h3-6,9-10,21,23H,7-8,11,27H2,1-2H3,(H,28,29). The van der Waals surface area contributed by atoms with Gasteiger partial charge in [0.25, 0.3) is 0 Å². The molecule has 2 aliphatic rings. The van der Waals surface area contributed by atoms with Crippen molar-refractivity contribution in [1.82, 2.24) is 0 Å². The summed E-state index contributed by atoms with van der Waals surface area (Å²) in [5.74, 6) is -2.71.